The number of rotatable bonds is 4. The topological polar surface area (TPSA) is 32.8 Å². The normalized spacial score (nSPS) is 17.8. The van der Waals surface area contributed by atoms with E-state index in [-0.39, 0.29) is 12.1 Å². The van der Waals surface area contributed by atoms with Crippen LogP contribution in [0, 0.1) is 0 Å². The molecule has 4 nitrogen and oxygen atoms in total. The molecule has 0 aromatic heterocycles. The maximum Gasteiger partial charge on any atom is 0.409 e. The molecule has 1 aliphatic heterocycles. The number of carbonyl (C=O) groups is 1. The van der Waals surface area contributed by atoms with Crippen molar-refractivity contribution < 1.29 is 9.53 Å². The fraction of sp³-hybridized carbons (Fsp3) is 0.588. The molecule has 1 amide bonds. The highest BCUT2D eigenvalue weighted by Crippen LogP contribution is 2.30. The van der Waals surface area contributed by atoms with Crippen LogP contribution in [0.15, 0.2) is 18.2 Å². The third-order valence-electron chi connectivity index (χ3n) is 4.46. The van der Waals surface area contributed by atoms with Gasteiger partial charge in [-0.25, -0.2) is 4.79 Å². The Hall–Kier alpha value is -1.55. The summed E-state index contributed by atoms with van der Waals surface area (Å²) in [4.78, 5) is 16.0. The Balaban J connectivity index is 2.18. The van der Waals surface area contributed by atoms with E-state index >= 15 is 0 Å². The monoisotopic (exact) mass is 290 g/mol. The minimum atomic E-state index is -0.236. The van der Waals surface area contributed by atoms with Crippen LogP contribution in [0.4, 0.5) is 4.79 Å². The number of amides is 1. The average molecular weight is 290 g/mol. The number of methoxy groups -OCH3 is 1. The molecule has 0 spiro atoms. The largest absolute Gasteiger partial charge is 0.453 e. The average Bonchev–Trinajstić information content (AvgIpc) is 2.52. The summed E-state index contributed by atoms with van der Waals surface area (Å²) >= 11 is 0. The summed E-state index contributed by atoms with van der Waals surface area (Å²) in [5.41, 5.74) is 3.97. The fourth-order valence-electron chi connectivity index (χ4n) is 3.06. The summed E-state index contributed by atoms with van der Waals surface area (Å²) in [7, 11) is 1.44. The van der Waals surface area contributed by atoms with Gasteiger partial charge < -0.3 is 9.64 Å². The molecule has 2 rings (SSSR count). The van der Waals surface area contributed by atoms with E-state index in [4.69, 9.17) is 4.74 Å². The van der Waals surface area contributed by atoms with Crippen molar-refractivity contribution in [1.82, 2.24) is 9.80 Å². The standard InChI is InChI=1S/C17H26N2O2/c1-5-18(6-2)12-14-7-8-16-13(3)19(17(20)21-4)10-9-15(16)11-14/h7-8,11,13H,5-6,9-10,12H2,1-4H3. The number of nitrogens with zero attached hydrogens (tertiary/aromatic N) is 2. The zero-order valence-electron chi connectivity index (χ0n) is 13.6. The molecule has 1 aliphatic rings. The van der Waals surface area contributed by atoms with E-state index in [0.717, 1.165) is 32.6 Å². The van der Waals surface area contributed by atoms with Crippen LogP contribution in [0.5, 0.6) is 0 Å². The smallest absolute Gasteiger partial charge is 0.409 e. The van der Waals surface area contributed by atoms with Gasteiger partial charge in [0.25, 0.3) is 0 Å². The van der Waals surface area contributed by atoms with Crippen LogP contribution in [-0.2, 0) is 17.7 Å². The lowest BCUT2D eigenvalue weighted by molar-refractivity contribution is 0.105. The Kier molecular flexibility index (Phi) is 5.23. The summed E-state index contributed by atoms with van der Waals surface area (Å²) < 4.78 is 4.86. The van der Waals surface area contributed by atoms with E-state index in [1.165, 1.54) is 23.8 Å². The summed E-state index contributed by atoms with van der Waals surface area (Å²) in [6.07, 6.45) is 0.668. The lowest BCUT2D eigenvalue weighted by Gasteiger charge is -2.34. The Morgan fingerprint density at radius 3 is 2.71 bits per heavy atom. The molecule has 0 radical (unpaired) electrons. The molecule has 21 heavy (non-hydrogen) atoms. The second-order valence-electron chi connectivity index (χ2n) is 5.58. The van der Waals surface area contributed by atoms with Crippen LogP contribution in [0.1, 0.15) is 43.5 Å². The van der Waals surface area contributed by atoms with Crippen molar-refractivity contribution in [3.05, 3.63) is 34.9 Å². The summed E-state index contributed by atoms with van der Waals surface area (Å²) in [5, 5.41) is 0. The molecule has 1 aromatic rings. The maximum absolute atomic E-state index is 11.8. The third-order valence-corrected chi connectivity index (χ3v) is 4.46. The predicted molar refractivity (Wildman–Crippen MR) is 84.3 cm³/mol. The van der Waals surface area contributed by atoms with Gasteiger partial charge in [-0.3, -0.25) is 4.90 Å². The number of carbonyl (C=O) groups excluding carboxylic acids is 1. The molecule has 0 N–H and O–H groups in total. The Labute approximate surface area is 127 Å². The number of fused-ring (bicyclic) bond motifs is 1. The summed E-state index contributed by atoms with van der Waals surface area (Å²) in [6, 6.07) is 6.75. The van der Waals surface area contributed by atoms with Gasteiger partial charge in [-0.15, -0.1) is 0 Å². The molecule has 0 aliphatic carbocycles. The van der Waals surface area contributed by atoms with Gasteiger partial charge in [0.1, 0.15) is 0 Å². The summed E-state index contributed by atoms with van der Waals surface area (Å²) in [5.74, 6) is 0. The lowest BCUT2D eigenvalue weighted by atomic mass is 9.92. The van der Waals surface area contributed by atoms with Gasteiger partial charge >= 0.3 is 6.09 Å². The molecule has 1 aromatic carbocycles. The first-order valence-electron chi connectivity index (χ1n) is 7.79. The first-order valence-corrected chi connectivity index (χ1v) is 7.79. The quantitative estimate of drug-likeness (QED) is 0.853. The molecule has 0 fully saturated rings. The Bertz CT molecular complexity index is 498. The highest BCUT2D eigenvalue weighted by molar-refractivity contribution is 5.68. The highest BCUT2D eigenvalue weighted by Gasteiger charge is 2.28. The number of benzene rings is 1. The van der Waals surface area contributed by atoms with Gasteiger partial charge in [-0.1, -0.05) is 32.0 Å². The van der Waals surface area contributed by atoms with E-state index in [1.807, 2.05) is 0 Å². The van der Waals surface area contributed by atoms with Gasteiger partial charge in [0.2, 0.25) is 0 Å². The molecule has 116 valence electrons. The molecule has 0 bridgehead atoms. The van der Waals surface area contributed by atoms with E-state index < -0.39 is 0 Å². The lowest BCUT2D eigenvalue weighted by Crippen LogP contribution is -2.38. The molecular weight excluding hydrogens is 264 g/mol. The van der Waals surface area contributed by atoms with Gasteiger partial charge in [-0.2, -0.15) is 0 Å². The van der Waals surface area contributed by atoms with Gasteiger partial charge in [0.05, 0.1) is 13.2 Å². The van der Waals surface area contributed by atoms with E-state index in [2.05, 4.69) is 43.9 Å². The van der Waals surface area contributed by atoms with Crippen LogP contribution in [-0.4, -0.2) is 42.6 Å². The number of ether oxygens (including phenoxy) is 1. The molecule has 1 heterocycles. The van der Waals surface area contributed by atoms with E-state index in [1.54, 1.807) is 4.90 Å². The van der Waals surface area contributed by atoms with E-state index in [0.29, 0.717) is 0 Å². The van der Waals surface area contributed by atoms with Crippen molar-refractivity contribution in [2.24, 2.45) is 0 Å². The number of hydrogen-bond acceptors (Lipinski definition) is 3. The highest BCUT2D eigenvalue weighted by atomic mass is 16.5. The Morgan fingerprint density at radius 1 is 1.38 bits per heavy atom. The van der Waals surface area contributed by atoms with Crippen molar-refractivity contribution in [3.63, 3.8) is 0 Å². The first kappa shape index (κ1) is 15.8. The van der Waals surface area contributed by atoms with Crippen LogP contribution in [0.3, 0.4) is 0 Å². The molecule has 4 heteroatoms. The van der Waals surface area contributed by atoms with Crippen LogP contribution in [0.2, 0.25) is 0 Å². The minimum Gasteiger partial charge on any atom is -0.453 e. The first-order chi connectivity index (χ1) is 10.1. The fourth-order valence-corrected chi connectivity index (χ4v) is 3.06. The maximum atomic E-state index is 11.8. The zero-order valence-corrected chi connectivity index (χ0v) is 13.6. The number of hydrogen-bond donors (Lipinski definition) is 0. The molecule has 1 unspecified atom stereocenters. The van der Waals surface area contributed by atoms with Crippen molar-refractivity contribution >= 4 is 6.09 Å². The third kappa shape index (κ3) is 3.38. The second-order valence-corrected chi connectivity index (χ2v) is 5.58. The van der Waals surface area contributed by atoms with E-state index in [9.17, 15) is 4.79 Å². The van der Waals surface area contributed by atoms with Crippen molar-refractivity contribution in [1.29, 1.82) is 0 Å². The second kappa shape index (κ2) is 6.94. The van der Waals surface area contributed by atoms with Crippen molar-refractivity contribution in [2.75, 3.05) is 26.7 Å². The molecule has 0 saturated heterocycles. The van der Waals surface area contributed by atoms with Gasteiger partial charge in [0, 0.05) is 13.1 Å². The van der Waals surface area contributed by atoms with Crippen LogP contribution >= 0.6 is 0 Å². The zero-order chi connectivity index (χ0) is 15.4. The van der Waals surface area contributed by atoms with Crippen LogP contribution < -0.4 is 0 Å². The Morgan fingerprint density at radius 2 is 2.10 bits per heavy atom. The predicted octanol–water partition coefficient (Wildman–Crippen LogP) is 3.21. The van der Waals surface area contributed by atoms with Crippen LogP contribution in [0.25, 0.3) is 0 Å². The van der Waals surface area contributed by atoms with Crippen molar-refractivity contribution in [3.8, 4) is 0 Å². The molecule has 1 atom stereocenters. The molecular formula is C17H26N2O2. The SMILES string of the molecule is CCN(CC)Cc1ccc2c(c1)CCN(C(=O)OC)C2C. The summed E-state index contributed by atoms with van der Waals surface area (Å²) in [6.45, 7) is 10.3. The minimum absolute atomic E-state index is 0.0868. The molecule has 0 saturated carbocycles. The van der Waals surface area contributed by atoms with Gasteiger partial charge in [0.15, 0.2) is 0 Å². The van der Waals surface area contributed by atoms with Gasteiger partial charge in [-0.05, 0) is 43.1 Å². The van der Waals surface area contributed by atoms with Crippen molar-refractivity contribution in [2.45, 2.75) is 39.8 Å².